The van der Waals surface area contributed by atoms with Crippen LogP contribution >= 0.6 is 11.3 Å². The summed E-state index contributed by atoms with van der Waals surface area (Å²) in [7, 11) is 0. The van der Waals surface area contributed by atoms with Crippen LogP contribution in [0.4, 0.5) is 5.69 Å². The monoisotopic (exact) mass is 408 g/mol. The summed E-state index contributed by atoms with van der Waals surface area (Å²) in [6.45, 7) is 5.00. The second-order valence-electron chi connectivity index (χ2n) is 7.35. The number of carbonyl (C=O) groups is 2. The van der Waals surface area contributed by atoms with Gasteiger partial charge in [-0.25, -0.2) is 4.68 Å². The normalized spacial score (nSPS) is 16.6. The second kappa shape index (κ2) is 8.21. The number of piperidine rings is 1. The lowest BCUT2D eigenvalue weighted by molar-refractivity contribution is -0.121. The number of nitrogens with one attached hydrogen (secondary N) is 1. The van der Waals surface area contributed by atoms with E-state index in [9.17, 15) is 9.59 Å². The largest absolute Gasteiger partial charge is 0.337 e. The van der Waals surface area contributed by atoms with E-state index in [0.717, 1.165) is 40.5 Å². The lowest BCUT2D eigenvalue weighted by Crippen LogP contribution is -2.43. The van der Waals surface area contributed by atoms with Crippen molar-refractivity contribution in [2.45, 2.75) is 26.7 Å². The molecular formula is C22H24N4O2S. The zero-order valence-corrected chi connectivity index (χ0v) is 17.4. The topological polar surface area (TPSA) is 67.2 Å². The summed E-state index contributed by atoms with van der Waals surface area (Å²) in [6.07, 6.45) is 1.61. The summed E-state index contributed by atoms with van der Waals surface area (Å²) in [5.74, 6) is -0.249. The van der Waals surface area contributed by atoms with Gasteiger partial charge in [-0.2, -0.15) is 5.10 Å². The summed E-state index contributed by atoms with van der Waals surface area (Å²) < 4.78 is 1.85. The number of nitrogens with zero attached hydrogens (tertiary/aromatic N) is 3. The van der Waals surface area contributed by atoms with Gasteiger partial charge in [0.2, 0.25) is 5.91 Å². The summed E-state index contributed by atoms with van der Waals surface area (Å²) in [5, 5.41) is 9.57. The Labute approximate surface area is 174 Å². The minimum atomic E-state index is -0.216. The number of aromatic nitrogens is 2. The van der Waals surface area contributed by atoms with E-state index in [1.807, 2.05) is 66.4 Å². The highest BCUT2D eigenvalue weighted by atomic mass is 32.1. The third-order valence-electron chi connectivity index (χ3n) is 5.35. The van der Waals surface area contributed by atoms with Crippen molar-refractivity contribution in [3.8, 4) is 5.69 Å². The number of hydrogen-bond donors (Lipinski definition) is 1. The highest BCUT2D eigenvalue weighted by Crippen LogP contribution is 2.26. The second-order valence-corrected chi connectivity index (χ2v) is 8.30. The highest BCUT2D eigenvalue weighted by Gasteiger charge is 2.30. The first-order valence-electron chi connectivity index (χ1n) is 9.80. The fourth-order valence-electron chi connectivity index (χ4n) is 3.80. The molecule has 3 aromatic rings. The van der Waals surface area contributed by atoms with Crippen molar-refractivity contribution in [2.75, 3.05) is 18.4 Å². The number of para-hydroxylation sites is 1. The van der Waals surface area contributed by atoms with Crippen LogP contribution in [0.25, 0.3) is 5.69 Å². The number of carbonyl (C=O) groups excluding carboxylic acids is 2. The van der Waals surface area contributed by atoms with Crippen LogP contribution in [-0.4, -0.2) is 39.6 Å². The van der Waals surface area contributed by atoms with Crippen LogP contribution in [0.15, 0.2) is 47.8 Å². The Morgan fingerprint density at radius 1 is 1.14 bits per heavy atom. The molecule has 2 aromatic heterocycles. The standard InChI is InChI=1S/C22H24N4O2S/c1-15-20(16(2)26(24-15)18-9-4-3-5-10-18)23-21(27)17-8-6-12-25(14-17)22(28)19-11-7-13-29-19/h3-5,7,9-11,13,17H,6,8,12,14H2,1-2H3,(H,23,27)/t17-/m0/s1. The maximum Gasteiger partial charge on any atom is 0.263 e. The van der Waals surface area contributed by atoms with Gasteiger partial charge in [-0.05, 0) is 50.3 Å². The van der Waals surface area contributed by atoms with E-state index in [1.165, 1.54) is 11.3 Å². The number of rotatable bonds is 4. The van der Waals surface area contributed by atoms with Gasteiger partial charge < -0.3 is 10.2 Å². The molecule has 6 nitrogen and oxygen atoms in total. The zero-order chi connectivity index (χ0) is 20.4. The molecule has 0 spiro atoms. The van der Waals surface area contributed by atoms with Gasteiger partial charge in [0.1, 0.15) is 0 Å². The van der Waals surface area contributed by atoms with Crippen molar-refractivity contribution in [3.63, 3.8) is 0 Å². The van der Waals surface area contributed by atoms with Gasteiger partial charge >= 0.3 is 0 Å². The SMILES string of the molecule is Cc1nn(-c2ccccc2)c(C)c1NC(=O)[C@H]1CCCN(C(=O)c2cccs2)C1. The molecule has 150 valence electrons. The lowest BCUT2D eigenvalue weighted by Gasteiger charge is -2.31. The molecule has 1 N–H and O–H groups in total. The van der Waals surface area contributed by atoms with Crippen molar-refractivity contribution in [3.05, 3.63) is 64.1 Å². The first kappa shape index (κ1) is 19.4. The molecule has 0 unspecified atom stereocenters. The fourth-order valence-corrected chi connectivity index (χ4v) is 4.49. The molecule has 7 heteroatoms. The molecule has 2 amide bonds. The molecule has 0 saturated carbocycles. The van der Waals surface area contributed by atoms with E-state index in [0.29, 0.717) is 13.1 Å². The molecule has 0 radical (unpaired) electrons. The first-order valence-corrected chi connectivity index (χ1v) is 10.7. The van der Waals surface area contributed by atoms with Gasteiger partial charge in [0, 0.05) is 13.1 Å². The van der Waals surface area contributed by atoms with Gasteiger partial charge in [-0.3, -0.25) is 9.59 Å². The maximum atomic E-state index is 13.0. The molecule has 29 heavy (non-hydrogen) atoms. The van der Waals surface area contributed by atoms with E-state index >= 15 is 0 Å². The number of amides is 2. The molecule has 1 saturated heterocycles. The number of likely N-dealkylation sites (tertiary alicyclic amines) is 1. The summed E-state index contributed by atoms with van der Waals surface area (Å²) in [4.78, 5) is 28.2. The number of benzene rings is 1. The van der Waals surface area contributed by atoms with Gasteiger partial charge in [0.05, 0.1) is 33.6 Å². The van der Waals surface area contributed by atoms with Crippen LogP contribution in [0, 0.1) is 19.8 Å². The molecule has 0 aliphatic carbocycles. The summed E-state index contributed by atoms with van der Waals surface area (Å²) >= 11 is 1.44. The molecule has 3 heterocycles. The van der Waals surface area contributed by atoms with Gasteiger partial charge in [-0.15, -0.1) is 11.3 Å². The van der Waals surface area contributed by atoms with Crippen LogP contribution in [0.3, 0.4) is 0 Å². The third kappa shape index (κ3) is 3.96. The predicted octanol–water partition coefficient (Wildman–Crippen LogP) is 4.04. The molecule has 1 aromatic carbocycles. The fraction of sp³-hybridized carbons (Fsp3) is 0.318. The van der Waals surface area contributed by atoms with Crippen molar-refractivity contribution in [2.24, 2.45) is 5.92 Å². The lowest BCUT2D eigenvalue weighted by atomic mass is 9.96. The maximum absolute atomic E-state index is 13.0. The minimum Gasteiger partial charge on any atom is -0.337 e. The smallest absolute Gasteiger partial charge is 0.263 e. The Morgan fingerprint density at radius 2 is 1.93 bits per heavy atom. The van der Waals surface area contributed by atoms with E-state index in [2.05, 4.69) is 10.4 Å². The van der Waals surface area contributed by atoms with Crippen LogP contribution in [0.5, 0.6) is 0 Å². The Kier molecular flexibility index (Phi) is 5.49. The van der Waals surface area contributed by atoms with Gasteiger partial charge in [-0.1, -0.05) is 24.3 Å². The van der Waals surface area contributed by atoms with Crippen molar-refractivity contribution in [1.82, 2.24) is 14.7 Å². The molecule has 0 bridgehead atoms. The van der Waals surface area contributed by atoms with Crippen LogP contribution < -0.4 is 5.32 Å². The van der Waals surface area contributed by atoms with Crippen molar-refractivity contribution in [1.29, 1.82) is 0 Å². The van der Waals surface area contributed by atoms with Crippen molar-refractivity contribution < 1.29 is 9.59 Å². The molecule has 1 aliphatic rings. The van der Waals surface area contributed by atoms with Crippen molar-refractivity contribution >= 4 is 28.8 Å². The average Bonchev–Trinajstić information content (AvgIpc) is 3.38. The van der Waals surface area contributed by atoms with Crippen LogP contribution in [-0.2, 0) is 4.79 Å². The molecule has 4 rings (SSSR count). The van der Waals surface area contributed by atoms with Gasteiger partial charge in [0.25, 0.3) is 5.91 Å². The Balaban J connectivity index is 1.48. The summed E-state index contributed by atoms with van der Waals surface area (Å²) in [6, 6.07) is 13.6. The quantitative estimate of drug-likeness (QED) is 0.708. The molecular weight excluding hydrogens is 384 g/mol. The average molecular weight is 409 g/mol. The third-order valence-corrected chi connectivity index (χ3v) is 6.21. The van der Waals surface area contributed by atoms with E-state index < -0.39 is 0 Å². The Hall–Kier alpha value is -2.93. The van der Waals surface area contributed by atoms with E-state index in [1.54, 1.807) is 4.90 Å². The minimum absolute atomic E-state index is 0.0155. The molecule has 1 atom stereocenters. The highest BCUT2D eigenvalue weighted by molar-refractivity contribution is 7.12. The zero-order valence-electron chi connectivity index (χ0n) is 16.6. The summed E-state index contributed by atoms with van der Waals surface area (Å²) in [5.41, 5.74) is 3.38. The molecule has 1 fully saturated rings. The first-order chi connectivity index (χ1) is 14.0. The predicted molar refractivity (Wildman–Crippen MR) is 115 cm³/mol. The van der Waals surface area contributed by atoms with E-state index in [4.69, 9.17) is 0 Å². The number of anilines is 1. The number of hydrogen-bond acceptors (Lipinski definition) is 4. The molecule has 1 aliphatic heterocycles. The number of thiophene rings is 1. The van der Waals surface area contributed by atoms with E-state index in [-0.39, 0.29) is 17.7 Å². The van der Waals surface area contributed by atoms with Crippen LogP contribution in [0.2, 0.25) is 0 Å². The Morgan fingerprint density at radius 3 is 2.66 bits per heavy atom. The van der Waals surface area contributed by atoms with Gasteiger partial charge in [0.15, 0.2) is 0 Å². The number of aryl methyl sites for hydroxylation is 1. The van der Waals surface area contributed by atoms with Crippen LogP contribution in [0.1, 0.15) is 33.9 Å². The Bertz CT molecular complexity index is 1010.